The normalized spacial score (nSPS) is 13.9. The maximum Gasteiger partial charge on any atom is 0.326 e. The van der Waals surface area contributed by atoms with E-state index in [1.165, 1.54) is 6.92 Å². The van der Waals surface area contributed by atoms with Crippen molar-refractivity contribution in [3.8, 4) is 0 Å². The minimum Gasteiger partial charge on any atom is -0.481 e. The Hall–Kier alpha value is -4.66. The molecule has 1 aromatic heterocycles. The molecule has 0 radical (unpaired) electrons. The van der Waals surface area contributed by atoms with Gasteiger partial charge in [0.1, 0.15) is 18.1 Å². The van der Waals surface area contributed by atoms with Gasteiger partial charge in [-0.15, -0.1) is 0 Å². The molecule has 0 spiro atoms. The molecule has 0 saturated heterocycles. The van der Waals surface area contributed by atoms with Crippen molar-refractivity contribution >= 4 is 46.5 Å². The van der Waals surface area contributed by atoms with Crippen molar-refractivity contribution in [1.29, 1.82) is 0 Å². The molecule has 2 aromatic rings. The summed E-state index contributed by atoms with van der Waals surface area (Å²) < 4.78 is 0. The van der Waals surface area contributed by atoms with Gasteiger partial charge in [-0.25, -0.2) is 4.79 Å². The van der Waals surface area contributed by atoms with Crippen molar-refractivity contribution in [2.45, 2.75) is 56.8 Å². The van der Waals surface area contributed by atoms with E-state index in [-0.39, 0.29) is 25.3 Å². The number of rotatable bonds is 15. The summed E-state index contributed by atoms with van der Waals surface area (Å²) >= 11 is 0. The average Bonchev–Trinajstić information content (AvgIpc) is 3.27. The first-order chi connectivity index (χ1) is 18.4. The van der Waals surface area contributed by atoms with Gasteiger partial charge in [-0.1, -0.05) is 18.2 Å². The lowest BCUT2D eigenvalue weighted by Gasteiger charge is -2.24. The minimum absolute atomic E-state index is 0.0665. The van der Waals surface area contributed by atoms with Crippen LogP contribution in [0.5, 0.6) is 0 Å². The molecule has 3 amide bonds. The topological polar surface area (TPSA) is 268 Å². The molecular weight excluding hydrogens is 512 g/mol. The second-order valence-electron chi connectivity index (χ2n) is 8.92. The number of nitrogens with one attached hydrogen (secondary N) is 4. The van der Waals surface area contributed by atoms with Gasteiger partial charge < -0.3 is 48.3 Å². The van der Waals surface area contributed by atoms with Gasteiger partial charge in [-0.3, -0.25) is 24.2 Å². The van der Waals surface area contributed by atoms with Gasteiger partial charge in [-0.05, 0) is 31.4 Å². The van der Waals surface area contributed by atoms with E-state index in [1.807, 2.05) is 12.1 Å². The van der Waals surface area contributed by atoms with Crippen LogP contribution in [-0.4, -0.2) is 81.5 Å². The lowest BCUT2D eigenvalue weighted by molar-refractivity contribution is -0.147. The Morgan fingerprint density at radius 3 is 2.18 bits per heavy atom. The van der Waals surface area contributed by atoms with Crippen molar-refractivity contribution in [2.75, 3.05) is 6.54 Å². The van der Waals surface area contributed by atoms with Crippen LogP contribution in [0, 0.1) is 0 Å². The van der Waals surface area contributed by atoms with Gasteiger partial charge in [0.25, 0.3) is 0 Å². The first-order valence-electron chi connectivity index (χ1n) is 12.1. The number of para-hydroxylation sites is 1. The molecule has 0 aliphatic heterocycles. The van der Waals surface area contributed by atoms with Gasteiger partial charge in [0.15, 0.2) is 5.96 Å². The largest absolute Gasteiger partial charge is 0.481 e. The van der Waals surface area contributed by atoms with Gasteiger partial charge >= 0.3 is 11.9 Å². The van der Waals surface area contributed by atoms with Crippen molar-refractivity contribution in [3.63, 3.8) is 0 Å². The third-order valence-electron chi connectivity index (χ3n) is 5.72. The number of nitrogens with two attached hydrogens (primary N) is 3. The number of fused-ring (bicyclic) bond motifs is 1. The van der Waals surface area contributed by atoms with Crippen LogP contribution in [0.2, 0.25) is 0 Å². The molecule has 1 heterocycles. The molecule has 212 valence electrons. The van der Waals surface area contributed by atoms with Crippen LogP contribution in [0.1, 0.15) is 31.7 Å². The molecule has 12 N–H and O–H groups in total. The van der Waals surface area contributed by atoms with E-state index in [2.05, 4.69) is 25.9 Å². The molecule has 15 nitrogen and oxygen atoms in total. The molecular formula is C24H34N8O7. The van der Waals surface area contributed by atoms with Crippen molar-refractivity contribution in [1.82, 2.24) is 20.9 Å². The van der Waals surface area contributed by atoms with E-state index in [0.717, 1.165) is 10.9 Å². The fourth-order valence-electron chi connectivity index (χ4n) is 3.72. The average molecular weight is 547 g/mol. The molecule has 0 saturated carbocycles. The van der Waals surface area contributed by atoms with E-state index >= 15 is 0 Å². The Bertz CT molecular complexity index is 1220. The highest BCUT2D eigenvalue weighted by Gasteiger charge is 2.31. The molecule has 0 aliphatic rings. The number of hydrogen-bond donors (Lipinski definition) is 9. The van der Waals surface area contributed by atoms with Crippen molar-refractivity contribution in [2.24, 2.45) is 22.2 Å². The maximum atomic E-state index is 13.3. The van der Waals surface area contributed by atoms with E-state index in [4.69, 9.17) is 22.3 Å². The number of guanidine groups is 1. The number of hydrogen-bond acceptors (Lipinski definition) is 7. The highest BCUT2D eigenvalue weighted by molar-refractivity contribution is 5.95. The summed E-state index contributed by atoms with van der Waals surface area (Å²) in [6, 6.07) is 2.13. The molecule has 39 heavy (non-hydrogen) atoms. The number of carboxylic acid groups (broad SMARTS) is 2. The number of amides is 3. The third-order valence-corrected chi connectivity index (χ3v) is 5.72. The minimum atomic E-state index is -1.73. The Kier molecular flexibility index (Phi) is 11.2. The summed E-state index contributed by atoms with van der Waals surface area (Å²) in [5.74, 6) is -5.38. The number of carboxylic acids is 2. The molecule has 2 rings (SSSR count). The quantitative estimate of drug-likeness (QED) is 0.0681. The number of aliphatic carboxylic acids is 2. The van der Waals surface area contributed by atoms with Gasteiger partial charge in [-0.2, -0.15) is 0 Å². The molecule has 0 aliphatic carbocycles. The smallest absolute Gasteiger partial charge is 0.326 e. The molecule has 0 fully saturated rings. The lowest BCUT2D eigenvalue weighted by atomic mass is 10.0. The SMILES string of the molecule is CC(N)C(=O)NC(CCCN=C(N)N)C(=O)NC(Cc1c[nH]c2ccccc12)C(=O)NC(CC(=O)O)C(=O)O. The predicted molar refractivity (Wildman–Crippen MR) is 141 cm³/mol. The number of benzene rings is 1. The first kappa shape index (κ1) is 30.6. The number of carbonyl (C=O) groups excluding carboxylic acids is 3. The van der Waals surface area contributed by atoms with Crippen LogP contribution >= 0.6 is 0 Å². The summed E-state index contributed by atoms with van der Waals surface area (Å²) in [5.41, 5.74) is 17.7. The van der Waals surface area contributed by atoms with E-state index in [1.54, 1.807) is 18.3 Å². The van der Waals surface area contributed by atoms with E-state index in [9.17, 15) is 29.1 Å². The summed E-state index contributed by atoms with van der Waals surface area (Å²) in [6.07, 6.45) is 1.11. The predicted octanol–water partition coefficient (Wildman–Crippen LogP) is -1.88. The number of H-pyrrole nitrogens is 1. The number of aromatic amines is 1. The number of aliphatic imine (C=N–C) groups is 1. The zero-order valence-electron chi connectivity index (χ0n) is 21.3. The van der Waals surface area contributed by atoms with Crippen LogP contribution in [0.3, 0.4) is 0 Å². The Balaban J connectivity index is 2.32. The summed E-state index contributed by atoms with van der Waals surface area (Å²) in [4.78, 5) is 68.3. The third kappa shape index (κ3) is 9.62. The molecule has 0 bridgehead atoms. The fraction of sp³-hybridized carbons (Fsp3) is 0.417. The first-order valence-corrected chi connectivity index (χ1v) is 12.1. The van der Waals surface area contributed by atoms with Crippen LogP contribution in [0.25, 0.3) is 10.9 Å². The molecule has 4 unspecified atom stereocenters. The van der Waals surface area contributed by atoms with Crippen LogP contribution in [0.4, 0.5) is 0 Å². The summed E-state index contributed by atoms with van der Waals surface area (Å²) in [7, 11) is 0. The second kappa shape index (κ2) is 14.3. The summed E-state index contributed by atoms with van der Waals surface area (Å²) in [6.45, 7) is 1.61. The second-order valence-corrected chi connectivity index (χ2v) is 8.92. The zero-order chi connectivity index (χ0) is 29.1. The number of aromatic nitrogens is 1. The van der Waals surface area contributed by atoms with Crippen LogP contribution < -0.4 is 33.2 Å². The monoisotopic (exact) mass is 546 g/mol. The van der Waals surface area contributed by atoms with Crippen LogP contribution in [0.15, 0.2) is 35.5 Å². The maximum absolute atomic E-state index is 13.3. The van der Waals surface area contributed by atoms with E-state index in [0.29, 0.717) is 12.0 Å². The highest BCUT2D eigenvalue weighted by atomic mass is 16.4. The molecule has 15 heteroatoms. The fourth-order valence-corrected chi connectivity index (χ4v) is 3.72. The van der Waals surface area contributed by atoms with Gasteiger partial charge in [0.2, 0.25) is 17.7 Å². The summed E-state index contributed by atoms with van der Waals surface area (Å²) in [5, 5.41) is 26.4. The lowest BCUT2D eigenvalue weighted by Crippen LogP contribution is -2.57. The van der Waals surface area contributed by atoms with Crippen molar-refractivity contribution in [3.05, 3.63) is 36.0 Å². The number of nitrogens with zero attached hydrogens (tertiary/aromatic N) is 1. The Morgan fingerprint density at radius 1 is 0.949 bits per heavy atom. The van der Waals surface area contributed by atoms with Gasteiger partial charge in [0, 0.05) is 30.1 Å². The standard InChI is InChI=1S/C24H34N8O7/c1-12(25)20(35)30-16(7-4-8-28-24(26)27)21(36)31-17(22(37)32-18(23(38)39)10-19(33)34)9-13-11-29-15-6-3-2-5-14(13)15/h2-3,5-6,11-12,16-18,29H,4,7-10,25H2,1H3,(H,30,35)(H,31,36)(H,32,37)(H,33,34)(H,38,39)(H4,26,27,28). The Labute approximate surface area is 223 Å². The van der Waals surface area contributed by atoms with E-state index < -0.39 is 60.2 Å². The van der Waals surface area contributed by atoms with Crippen molar-refractivity contribution < 1.29 is 34.2 Å². The number of carbonyl (C=O) groups is 5. The Morgan fingerprint density at radius 2 is 1.56 bits per heavy atom. The zero-order valence-corrected chi connectivity index (χ0v) is 21.3. The highest BCUT2D eigenvalue weighted by Crippen LogP contribution is 2.19. The molecule has 4 atom stereocenters. The molecule has 1 aromatic carbocycles. The van der Waals surface area contributed by atoms with Crippen LogP contribution in [-0.2, 0) is 30.4 Å². The van der Waals surface area contributed by atoms with Gasteiger partial charge in [0.05, 0.1) is 12.5 Å².